The highest BCUT2D eigenvalue weighted by Gasteiger charge is 2.11. The topological polar surface area (TPSA) is 56.5 Å². The van der Waals surface area contributed by atoms with Crippen LogP contribution in [0.1, 0.15) is 34.2 Å². The zero-order valence-electron chi connectivity index (χ0n) is 15.1. The van der Waals surface area contributed by atoms with Crippen molar-refractivity contribution in [1.82, 2.24) is 9.55 Å². The van der Waals surface area contributed by atoms with Crippen LogP contribution in [-0.2, 0) is 4.74 Å². The highest BCUT2D eigenvalue weighted by molar-refractivity contribution is 5.89. The molecule has 0 saturated heterocycles. The van der Waals surface area contributed by atoms with Gasteiger partial charge in [-0.25, -0.2) is 4.79 Å². The van der Waals surface area contributed by atoms with Gasteiger partial charge in [0.05, 0.1) is 24.1 Å². The highest BCUT2D eigenvalue weighted by atomic mass is 16.5. The quantitative estimate of drug-likeness (QED) is 0.507. The van der Waals surface area contributed by atoms with Crippen LogP contribution in [0.3, 0.4) is 0 Å². The summed E-state index contributed by atoms with van der Waals surface area (Å²) in [7, 11) is 0. The minimum atomic E-state index is -0.302. The molecule has 0 fully saturated rings. The Kier molecular flexibility index (Phi) is 5.27. The van der Waals surface area contributed by atoms with E-state index in [0.29, 0.717) is 12.2 Å². The molecular formula is C21H21N3O2. The van der Waals surface area contributed by atoms with E-state index in [1.54, 1.807) is 31.5 Å². The maximum atomic E-state index is 11.8. The van der Waals surface area contributed by atoms with Crippen molar-refractivity contribution in [1.29, 1.82) is 0 Å². The summed E-state index contributed by atoms with van der Waals surface area (Å²) in [4.78, 5) is 20.3. The first-order valence-corrected chi connectivity index (χ1v) is 8.50. The zero-order chi connectivity index (χ0) is 18.5. The van der Waals surface area contributed by atoms with Gasteiger partial charge < -0.3 is 9.30 Å². The van der Waals surface area contributed by atoms with E-state index in [4.69, 9.17) is 4.74 Å². The molecule has 0 spiro atoms. The first-order valence-electron chi connectivity index (χ1n) is 8.50. The molecule has 132 valence electrons. The summed E-state index contributed by atoms with van der Waals surface area (Å²) in [6.07, 6.45) is 5.30. The van der Waals surface area contributed by atoms with Gasteiger partial charge in [-0.15, -0.1) is 0 Å². The summed E-state index contributed by atoms with van der Waals surface area (Å²) in [6.45, 7) is 6.27. The number of carbonyl (C=O) groups excluding carboxylic acids is 1. The maximum absolute atomic E-state index is 11.8. The van der Waals surface area contributed by atoms with Crippen LogP contribution in [0.15, 0.2) is 59.9 Å². The van der Waals surface area contributed by atoms with Gasteiger partial charge >= 0.3 is 5.97 Å². The molecule has 26 heavy (non-hydrogen) atoms. The average molecular weight is 347 g/mol. The molecule has 0 aliphatic heterocycles. The normalized spacial score (nSPS) is 11.0. The van der Waals surface area contributed by atoms with Gasteiger partial charge in [0, 0.05) is 35.1 Å². The van der Waals surface area contributed by atoms with E-state index < -0.39 is 0 Å². The lowest BCUT2D eigenvalue weighted by molar-refractivity contribution is 0.0526. The van der Waals surface area contributed by atoms with E-state index in [0.717, 1.165) is 28.3 Å². The number of hydrogen-bond acceptors (Lipinski definition) is 4. The van der Waals surface area contributed by atoms with E-state index in [2.05, 4.69) is 27.5 Å². The molecule has 1 aromatic carbocycles. The number of hydrogen-bond donors (Lipinski definition) is 0. The molecule has 0 aliphatic carbocycles. The molecule has 5 nitrogen and oxygen atoms in total. The Morgan fingerprint density at radius 2 is 2.00 bits per heavy atom. The largest absolute Gasteiger partial charge is 0.462 e. The molecule has 0 amide bonds. The number of benzene rings is 1. The maximum Gasteiger partial charge on any atom is 0.338 e. The van der Waals surface area contributed by atoms with E-state index in [9.17, 15) is 4.79 Å². The summed E-state index contributed by atoms with van der Waals surface area (Å²) in [5, 5.41) is 0. The third kappa shape index (κ3) is 3.72. The smallest absolute Gasteiger partial charge is 0.338 e. The standard InChI is InChI=1S/C21H21N3O2/c1-4-26-21(25)17-7-9-20(10-8-17)24-15(2)12-18(16(24)3)13-23-19-6-5-11-22-14-19/h5-14H,4H2,1-3H3. The Morgan fingerprint density at radius 3 is 2.65 bits per heavy atom. The second-order valence-corrected chi connectivity index (χ2v) is 5.90. The van der Waals surface area contributed by atoms with Gasteiger partial charge in [0.2, 0.25) is 0 Å². The Bertz CT molecular complexity index is 926. The summed E-state index contributed by atoms with van der Waals surface area (Å²) in [6, 6.07) is 13.3. The van der Waals surface area contributed by atoms with Gasteiger partial charge in [-0.3, -0.25) is 9.98 Å². The third-order valence-corrected chi connectivity index (χ3v) is 4.11. The molecule has 0 atom stereocenters. The number of ether oxygens (including phenoxy) is 1. The van der Waals surface area contributed by atoms with E-state index in [1.807, 2.05) is 37.4 Å². The molecule has 2 aromatic heterocycles. The minimum Gasteiger partial charge on any atom is -0.462 e. The second-order valence-electron chi connectivity index (χ2n) is 5.90. The van der Waals surface area contributed by atoms with Crippen molar-refractivity contribution in [2.45, 2.75) is 20.8 Å². The number of aliphatic imine (C=N–C) groups is 1. The van der Waals surface area contributed by atoms with Crippen LogP contribution in [0.25, 0.3) is 5.69 Å². The first kappa shape index (κ1) is 17.6. The number of carbonyl (C=O) groups is 1. The summed E-state index contributed by atoms with van der Waals surface area (Å²) in [5.41, 5.74) is 5.58. The first-order chi connectivity index (χ1) is 12.6. The number of rotatable bonds is 5. The number of aryl methyl sites for hydroxylation is 1. The lowest BCUT2D eigenvalue weighted by Crippen LogP contribution is -2.05. The Labute approximate surface area is 153 Å². The number of pyridine rings is 1. The van der Waals surface area contributed by atoms with E-state index >= 15 is 0 Å². The van der Waals surface area contributed by atoms with Crippen molar-refractivity contribution in [3.63, 3.8) is 0 Å². The highest BCUT2D eigenvalue weighted by Crippen LogP contribution is 2.21. The fourth-order valence-electron chi connectivity index (χ4n) is 2.85. The monoisotopic (exact) mass is 347 g/mol. The van der Waals surface area contributed by atoms with Crippen molar-refractivity contribution < 1.29 is 9.53 Å². The molecule has 3 rings (SSSR count). The summed E-state index contributed by atoms with van der Waals surface area (Å²) >= 11 is 0. The van der Waals surface area contributed by atoms with Crippen molar-refractivity contribution in [3.8, 4) is 5.69 Å². The predicted octanol–water partition coefficient (Wildman–Crippen LogP) is 4.42. The third-order valence-electron chi connectivity index (χ3n) is 4.11. The van der Waals surface area contributed by atoms with E-state index in [-0.39, 0.29) is 5.97 Å². The zero-order valence-corrected chi connectivity index (χ0v) is 15.1. The molecule has 2 heterocycles. The van der Waals surface area contributed by atoms with Gasteiger partial charge in [0.1, 0.15) is 0 Å². The van der Waals surface area contributed by atoms with Crippen molar-refractivity contribution >= 4 is 17.9 Å². The molecular weight excluding hydrogens is 326 g/mol. The van der Waals surface area contributed by atoms with Crippen LogP contribution in [0.5, 0.6) is 0 Å². The predicted molar refractivity (Wildman–Crippen MR) is 103 cm³/mol. The second kappa shape index (κ2) is 7.78. The van der Waals surface area contributed by atoms with Gasteiger partial charge in [0.15, 0.2) is 0 Å². The molecule has 0 aliphatic rings. The molecule has 0 N–H and O–H groups in total. The number of nitrogens with zero attached hydrogens (tertiary/aromatic N) is 3. The lowest BCUT2D eigenvalue weighted by Gasteiger charge is -2.10. The molecule has 0 bridgehead atoms. The van der Waals surface area contributed by atoms with Crippen LogP contribution >= 0.6 is 0 Å². The van der Waals surface area contributed by atoms with Crippen LogP contribution in [0, 0.1) is 13.8 Å². The summed E-state index contributed by atoms with van der Waals surface area (Å²) in [5.74, 6) is -0.302. The molecule has 5 heteroatoms. The Balaban J connectivity index is 1.88. The Morgan fingerprint density at radius 1 is 1.23 bits per heavy atom. The fraction of sp³-hybridized carbons (Fsp3) is 0.190. The summed E-state index contributed by atoms with van der Waals surface area (Å²) < 4.78 is 7.17. The van der Waals surface area contributed by atoms with Crippen LogP contribution < -0.4 is 0 Å². The lowest BCUT2D eigenvalue weighted by atomic mass is 10.2. The van der Waals surface area contributed by atoms with Gasteiger partial charge in [-0.1, -0.05) is 0 Å². The van der Waals surface area contributed by atoms with Gasteiger partial charge in [0.25, 0.3) is 0 Å². The fourth-order valence-corrected chi connectivity index (χ4v) is 2.85. The van der Waals surface area contributed by atoms with Gasteiger partial charge in [-0.05, 0) is 63.2 Å². The molecule has 0 saturated carbocycles. The molecule has 0 radical (unpaired) electrons. The van der Waals surface area contributed by atoms with Gasteiger partial charge in [-0.2, -0.15) is 0 Å². The number of esters is 1. The van der Waals surface area contributed by atoms with E-state index in [1.165, 1.54) is 0 Å². The van der Waals surface area contributed by atoms with Crippen LogP contribution in [-0.4, -0.2) is 28.3 Å². The molecule has 3 aromatic rings. The van der Waals surface area contributed by atoms with Crippen molar-refractivity contribution in [3.05, 3.63) is 77.4 Å². The minimum absolute atomic E-state index is 0.302. The number of aromatic nitrogens is 2. The average Bonchev–Trinajstić information content (AvgIpc) is 2.95. The molecule has 0 unspecified atom stereocenters. The van der Waals surface area contributed by atoms with Crippen LogP contribution in [0.2, 0.25) is 0 Å². The SMILES string of the molecule is CCOC(=O)c1ccc(-n2c(C)cc(C=Nc3cccnc3)c2C)cc1. The van der Waals surface area contributed by atoms with Crippen LogP contribution in [0.4, 0.5) is 5.69 Å². The van der Waals surface area contributed by atoms with Crippen molar-refractivity contribution in [2.24, 2.45) is 4.99 Å². The van der Waals surface area contributed by atoms with Crippen molar-refractivity contribution in [2.75, 3.05) is 6.61 Å². The Hall–Kier alpha value is -3.21.